The van der Waals surface area contributed by atoms with Crippen LogP contribution in [0.3, 0.4) is 0 Å². The average Bonchev–Trinajstić information content (AvgIpc) is 2.87. The number of fused-ring (bicyclic) bond motifs is 5. The van der Waals surface area contributed by atoms with Crippen LogP contribution in [0, 0.1) is 0 Å². The van der Waals surface area contributed by atoms with E-state index in [0.29, 0.717) is 0 Å². The maximum Gasteiger partial charge on any atom is 0 e. The zero-order valence-electron chi connectivity index (χ0n) is 12.0. The molecule has 0 bridgehead atoms. The second kappa shape index (κ2) is 5.19. The van der Waals surface area contributed by atoms with Crippen LogP contribution in [0.4, 0.5) is 0 Å². The van der Waals surface area contributed by atoms with Gasteiger partial charge in [0, 0.05) is 32.7 Å². The zero-order valence-corrected chi connectivity index (χ0v) is 14.8. The van der Waals surface area contributed by atoms with Crippen LogP contribution < -0.4 is 4.98 Å². The van der Waals surface area contributed by atoms with Crippen LogP contribution in [-0.4, -0.2) is 0 Å². The molecule has 0 aliphatic rings. The molecule has 1 heterocycles. The fourth-order valence-electron chi connectivity index (χ4n) is 3.20. The minimum absolute atomic E-state index is 0. The Hall–Kier alpha value is -1.70. The molecule has 1 nitrogen and oxygen atoms in total. The van der Waals surface area contributed by atoms with E-state index in [9.17, 15) is 0 Å². The van der Waals surface area contributed by atoms with E-state index in [2.05, 4.69) is 72.8 Å². The van der Waals surface area contributed by atoms with Crippen LogP contribution in [0.15, 0.2) is 72.8 Å². The summed E-state index contributed by atoms with van der Waals surface area (Å²) < 4.78 is 0. The Morgan fingerprint density at radius 1 is 0.500 bits per heavy atom. The van der Waals surface area contributed by atoms with Gasteiger partial charge < -0.3 is 4.98 Å². The van der Waals surface area contributed by atoms with Crippen molar-refractivity contribution < 1.29 is 32.7 Å². The van der Waals surface area contributed by atoms with Gasteiger partial charge in [-0.25, -0.2) is 0 Å². The number of benzene rings is 4. The summed E-state index contributed by atoms with van der Waals surface area (Å²) in [5.41, 5.74) is 2.16. The van der Waals surface area contributed by atoms with Gasteiger partial charge >= 0.3 is 0 Å². The quantitative estimate of drug-likeness (QED) is 0.370. The molecule has 2 heteroatoms. The minimum Gasteiger partial charge on any atom is -0.657 e. The van der Waals surface area contributed by atoms with Crippen LogP contribution in [0.2, 0.25) is 0 Å². The summed E-state index contributed by atoms with van der Waals surface area (Å²) in [6, 6.07) is 25.8. The fourth-order valence-corrected chi connectivity index (χ4v) is 3.20. The molecule has 0 saturated carbocycles. The summed E-state index contributed by atoms with van der Waals surface area (Å²) in [5, 5.41) is 7.53. The molecule has 5 rings (SSSR count). The SMILES string of the molecule is [Y].c1ccc2cc3c(cc2c1)[n-]c1cc2ccccc2cc13. The van der Waals surface area contributed by atoms with E-state index in [1.54, 1.807) is 0 Å². The van der Waals surface area contributed by atoms with Crippen molar-refractivity contribution >= 4 is 43.4 Å². The number of hydrogen-bond donors (Lipinski definition) is 0. The Morgan fingerprint density at radius 3 is 1.27 bits per heavy atom. The molecule has 0 fully saturated rings. The third-order valence-corrected chi connectivity index (χ3v) is 4.26. The van der Waals surface area contributed by atoms with E-state index in [-0.39, 0.29) is 32.7 Å². The summed E-state index contributed by atoms with van der Waals surface area (Å²) in [5.74, 6) is 0. The average molecular weight is 355 g/mol. The van der Waals surface area contributed by atoms with Gasteiger partial charge in [-0.2, -0.15) is 0 Å². The van der Waals surface area contributed by atoms with Crippen molar-refractivity contribution in [2.75, 3.05) is 0 Å². The van der Waals surface area contributed by atoms with Gasteiger partial charge in [0.25, 0.3) is 0 Å². The van der Waals surface area contributed by atoms with Crippen molar-refractivity contribution in [3.05, 3.63) is 72.8 Å². The second-order valence-corrected chi connectivity index (χ2v) is 5.54. The molecular formula is C20H12NY-. The van der Waals surface area contributed by atoms with Crippen molar-refractivity contribution in [3.63, 3.8) is 0 Å². The molecule has 1 aromatic heterocycles. The third kappa shape index (κ3) is 2.00. The molecule has 0 N–H and O–H groups in total. The molecule has 0 unspecified atom stereocenters. The smallest absolute Gasteiger partial charge is 0 e. The second-order valence-electron chi connectivity index (χ2n) is 5.54. The summed E-state index contributed by atoms with van der Waals surface area (Å²) in [6.07, 6.45) is 0. The van der Waals surface area contributed by atoms with Crippen LogP contribution in [0.25, 0.3) is 43.4 Å². The molecule has 0 spiro atoms. The van der Waals surface area contributed by atoms with E-state index in [0.717, 1.165) is 11.0 Å². The van der Waals surface area contributed by atoms with E-state index in [1.165, 1.54) is 32.3 Å². The van der Waals surface area contributed by atoms with Gasteiger partial charge in [0.2, 0.25) is 0 Å². The Morgan fingerprint density at radius 2 is 0.864 bits per heavy atom. The van der Waals surface area contributed by atoms with E-state index in [4.69, 9.17) is 4.98 Å². The van der Waals surface area contributed by atoms with Crippen LogP contribution in [-0.2, 0) is 32.7 Å². The van der Waals surface area contributed by atoms with Gasteiger partial charge in [0.05, 0.1) is 0 Å². The number of aromatic nitrogens is 1. The first-order valence-electron chi connectivity index (χ1n) is 7.16. The monoisotopic (exact) mass is 355 g/mol. The van der Waals surface area contributed by atoms with Gasteiger partial charge in [0.15, 0.2) is 0 Å². The molecule has 22 heavy (non-hydrogen) atoms. The largest absolute Gasteiger partial charge is 0.657 e. The van der Waals surface area contributed by atoms with Gasteiger partial charge in [-0.05, 0) is 44.5 Å². The molecule has 0 aliphatic carbocycles. The first-order chi connectivity index (χ1) is 10.4. The van der Waals surface area contributed by atoms with E-state index in [1.807, 2.05) is 0 Å². The van der Waals surface area contributed by atoms with E-state index >= 15 is 0 Å². The standard InChI is InChI=1S/C20H12N.Y/c1-3-7-15-11-19-17(9-13(15)5-1)18-10-14-6-2-4-8-16(14)12-20(18)21-19;/h1-12H;/q-1;. The molecular weight excluding hydrogens is 343 g/mol. The minimum atomic E-state index is 0. The fraction of sp³-hybridized carbons (Fsp3) is 0. The summed E-state index contributed by atoms with van der Waals surface area (Å²) >= 11 is 0. The van der Waals surface area contributed by atoms with Crippen molar-refractivity contribution in [3.8, 4) is 0 Å². The summed E-state index contributed by atoms with van der Waals surface area (Å²) in [7, 11) is 0. The Labute approximate surface area is 153 Å². The summed E-state index contributed by atoms with van der Waals surface area (Å²) in [6.45, 7) is 0. The zero-order chi connectivity index (χ0) is 13.8. The topological polar surface area (TPSA) is 14.1 Å². The van der Waals surface area contributed by atoms with Gasteiger partial charge in [-0.15, -0.1) is 11.0 Å². The Balaban J connectivity index is 0.00000125. The van der Waals surface area contributed by atoms with Crippen LogP contribution >= 0.6 is 0 Å². The molecule has 0 saturated heterocycles. The van der Waals surface area contributed by atoms with Crippen LogP contribution in [0.5, 0.6) is 0 Å². The first-order valence-corrected chi connectivity index (χ1v) is 7.16. The molecule has 4 aromatic carbocycles. The number of nitrogens with zero attached hydrogens (tertiary/aromatic N) is 1. The van der Waals surface area contributed by atoms with Gasteiger partial charge in [-0.3, -0.25) is 0 Å². The number of rotatable bonds is 0. The normalized spacial score (nSPS) is 11.3. The van der Waals surface area contributed by atoms with Crippen molar-refractivity contribution in [2.24, 2.45) is 0 Å². The van der Waals surface area contributed by atoms with Gasteiger partial charge in [0.1, 0.15) is 0 Å². The molecule has 0 atom stereocenters. The van der Waals surface area contributed by atoms with Crippen molar-refractivity contribution in [2.45, 2.75) is 0 Å². The molecule has 1 radical (unpaired) electrons. The molecule has 0 amide bonds. The Kier molecular flexibility index (Phi) is 3.29. The molecule has 101 valence electrons. The predicted octanol–water partition coefficient (Wildman–Crippen LogP) is 5.25. The maximum atomic E-state index is 4.82. The maximum absolute atomic E-state index is 4.82. The Bertz CT molecular complexity index is 1050. The van der Waals surface area contributed by atoms with E-state index < -0.39 is 0 Å². The van der Waals surface area contributed by atoms with Crippen LogP contribution in [0.1, 0.15) is 0 Å². The first kappa shape index (κ1) is 13.9. The molecule has 5 aromatic rings. The van der Waals surface area contributed by atoms with Crippen molar-refractivity contribution in [1.82, 2.24) is 4.98 Å². The predicted molar refractivity (Wildman–Crippen MR) is 89.8 cm³/mol. The van der Waals surface area contributed by atoms with Crippen molar-refractivity contribution in [1.29, 1.82) is 0 Å². The number of hydrogen-bond acceptors (Lipinski definition) is 0. The third-order valence-electron chi connectivity index (χ3n) is 4.26. The summed E-state index contributed by atoms with van der Waals surface area (Å²) in [4.78, 5) is 4.82. The molecule has 0 aliphatic heterocycles. The van der Waals surface area contributed by atoms with Gasteiger partial charge in [-0.1, -0.05) is 60.7 Å².